The largest absolute Gasteiger partial charge is 0.496 e. The predicted molar refractivity (Wildman–Crippen MR) is 80.9 cm³/mol. The summed E-state index contributed by atoms with van der Waals surface area (Å²) in [5.74, 6) is 0.498. The quantitative estimate of drug-likeness (QED) is 0.907. The fraction of sp³-hybridized carbons (Fsp3) is 0.214. The lowest BCUT2D eigenvalue weighted by Crippen LogP contribution is -2.12. The number of primary amides is 1. The molecule has 0 aliphatic rings. The highest BCUT2D eigenvalue weighted by Crippen LogP contribution is 2.26. The smallest absolute Gasteiger partial charge is 0.249 e. The molecule has 2 rings (SSSR count). The molecule has 5 heteroatoms. The van der Waals surface area contributed by atoms with Gasteiger partial charge in [0.15, 0.2) is 0 Å². The maximum Gasteiger partial charge on any atom is 0.249 e. The highest BCUT2D eigenvalue weighted by atomic mass is 79.9. The normalized spacial score (nSPS) is 10.4. The second-order valence-electron chi connectivity index (χ2n) is 4.08. The standard InChI is InChI=1S/C14H14BrNO2S/c1-18-12-4-3-10(15)8-9(12)2-5-13-11(14(16)17)6-7-19-13/h3-4,6-8H,2,5H2,1H3,(H2,16,17). The number of carbonyl (C=O) groups excluding carboxylic acids is 1. The number of carbonyl (C=O) groups is 1. The maximum absolute atomic E-state index is 11.3. The van der Waals surface area contributed by atoms with Gasteiger partial charge in [0, 0.05) is 9.35 Å². The molecule has 0 bridgehead atoms. The summed E-state index contributed by atoms with van der Waals surface area (Å²) >= 11 is 5.02. The van der Waals surface area contributed by atoms with Crippen LogP contribution in [0.25, 0.3) is 0 Å². The lowest BCUT2D eigenvalue weighted by molar-refractivity contribution is 0.1000. The van der Waals surface area contributed by atoms with Gasteiger partial charge in [0.25, 0.3) is 0 Å². The van der Waals surface area contributed by atoms with E-state index < -0.39 is 0 Å². The fourth-order valence-electron chi connectivity index (χ4n) is 1.94. The summed E-state index contributed by atoms with van der Waals surface area (Å²) < 4.78 is 6.36. The predicted octanol–water partition coefficient (Wildman–Crippen LogP) is 3.40. The van der Waals surface area contributed by atoms with Crippen molar-refractivity contribution in [1.82, 2.24) is 0 Å². The number of aryl methyl sites for hydroxylation is 2. The van der Waals surface area contributed by atoms with Gasteiger partial charge in [-0.15, -0.1) is 11.3 Å². The van der Waals surface area contributed by atoms with Crippen LogP contribution >= 0.6 is 27.3 Å². The fourth-order valence-corrected chi connectivity index (χ4v) is 3.24. The molecule has 0 aliphatic heterocycles. The maximum atomic E-state index is 11.3. The van der Waals surface area contributed by atoms with E-state index in [0.29, 0.717) is 5.56 Å². The van der Waals surface area contributed by atoms with E-state index in [1.165, 1.54) is 0 Å². The van der Waals surface area contributed by atoms with E-state index in [0.717, 1.165) is 33.5 Å². The van der Waals surface area contributed by atoms with Gasteiger partial charge in [-0.1, -0.05) is 15.9 Å². The molecule has 0 aliphatic carbocycles. The number of rotatable bonds is 5. The topological polar surface area (TPSA) is 52.3 Å². The van der Waals surface area contributed by atoms with Crippen molar-refractivity contribution in [3.05, 3.63) is 50.1 Å². The molecule has 1 aromatic carbocycles. The van der Waals surface area contributed by atoms with Gasteiger partial charge in [0.2, 0.25) is 5.91 Å². The molecule has 3 nitrogen and oxygen atoms in total. The van der Waals surface area contributed by atoms with E-state index in [-0.39, 0.29) is 5.91 Å². The molecule has 0 fully saturated rings. The molecule has 0 saturated carbocycles. The first kappa shape index (κ1) is 14.1. The van der Waals surface area contributed by atoms with Crippen molar-refractivity contribution in [2.75, 3.05) is 7.11 Å². The summed E-state index contributed by atoms with van der Waals surface area (Å²) in [5, 5.41) is 1.90. The highest BCUT2D eigenvalue weighted by Gasteiger charge is 2.11. The van der Waals surface area contributed by atoms with Crippen molar-refractivity contribution < 1.29 is 9.53 Å². The third kappa shape index (κ3) is 3.36. The van der Waals surface area contributed by atoms with Crippen LogP contribution in [-0.4, -0.2) is 13.0 Å². The van der Waals surface area contributed by atoms with Gasteiger partial charge in [0.1, 0.15) is 5.75 Å². The summed E-state index contributed by atoms with van der Waals surface area (Å²) in [5.41, 5.74) is 7.08. The van der Waals surface area contributed by atoms with Crippen molar-refractivity contribution in [2.45, 2.75) is 12.8 Å². The van der Waals surface area contributed by atoms with Gasteiger partial charge >= 0.3 is 0 Å². The second-order valence-corrected chi connectivity index (χ2v) is 5.99. The molecule has 1 heterocycles. The number of thiophene rings is 1. The molecule has 19 heavy (non-hydrogen) atoms. The Morgan fingerprint density at radius 1 is 1.37 bits per heavy atom. The first-order valence-electron chi connectivity index (χ1n) is 5.80. The van der Waals surface area contributed by atoms with E-state index in [2.05, 4.69) is 15.9 Å². The number of hydrogen-bond acceptors (Lipinski definition) is 3. The van der Waals surface area contributed by atoms with E-state index in [1.807, 2.05) is 23.6 Å². The van der Waals surface area contributed by atoms with Gasteiger partial charge in [-0.3, -0.25) is 4.79 Å². The van der Waals surface area contributed by atoms with Crippen molar-refractivity contribution in [2.24, 2.45) is 5.73 Å². The number of hydrogen-bond donors (Lipinski definition) is 1. The van der Waals surface area contributed by atoms with E-state index >= 15 is 0 Å². The molecule has 0 saturated heterocycles. The first-order chi connectivity index (χ1) is 9.11. The molecule has 2 N–H and O–H groups in total. The minimum absolute atomic E-state index is 0.363. The molecule has 100 valence electrons. The zero-order valence-corrected chi connectivity index (χ0v) is 12.9. The van der Waals surface area contributed by atoms with Gasteiger partial charge in [-0.05, 0) is 48.1 Å². The molecule has 0 unspecified atom stereocenters. The van der Waals surface area contributed by atoms with Crippen LogP contribution in [-0.2, 0) is 12.8 Å². The van der Waals surface area contributed by atoms with Crippen LogP contribution < -0.4 is 10.5 Å². The van der Waals surface area contributed by atoms with Crippen molar-refractivity contribution in [3.8, 4) is 5.75 Å². The van der Waals surface area contributed by atoms with Crippen LogP contribution in [0.5, 0.6) is 5.75 Å². The van der Waals surface area contributed by atoms with Crippen LogP contribution in [0.2, 0.25) is 0 Å². The average Bonchev–Trinajstić information content (AvgIpc) is 2.85. The Bertz CT molecular complexity index is 595. The molecule has 0 atom stereocenters. The Morgan fingerprint density at radius 3 is 2.84 bits per heavy atom. The van der Waals surface area contributed by atoms with Crippen molar-refractivity contribution in [1.29, 1.82) is 0 Å². The zero-order chi connectivity index (χ0) is 13.8. The van der Waals surface area contributed by atoms with E-state index in [4.69, 9.17) is 10.5 Å². The summed E-state index contributed by atoms with van der Waals surface area (Å²) in [6.07, 6.45) is 1.59. The molecule has 2 aromatic rings. The first-order valence-corrected chi connectivity index (χ1v) is 7.47. The summed E-state index contributed by atoms with van der Waals surface area (Å²) in [6, 6.07) is 7.70. The monoisotopic (exact) mass is 339 g/mol. The molecule has 1 amide bonds. The van der Waals surface area contributed by atoms with E-state index in [9.17, 15) is 4.79 Å². The number of benzene rings is 1. The summed E-state index contributed by atoms with van der Waals surface area (Å²) in [6.45, 7) is 0. The SMILES string of the molecule is COc1ccc(Br)cc1CCc1sccc1C(N)=O. The molecule has 0 radical (unpaired) electrons. The number of ether oxygens (including phenoxy) is 1. The average molecular weight is 340 g/mol. The summed E-state index contributed by atoms with van der Waals surface area (Å²) in [7, 11) is 1.66. The van der Waals surface area contributed by atoms with Crippen molar-refractivity contribution in [3.63, 3.8) is 0 Å². The summed E-state index contributed by atoms with van der Waals surface area (Å²) in [4.78, 5) is 12.3. The Kier molecular flexibility index (Phi) is 4.61. The Balaban J connectivity index is 2.16. The number of amides is 1. The minimum Gasteiger partial charge on any atom is -0.496 e. The van der Waals surface area contributed by atoms with Crippen LogP contribution in [0.3, 0.4) is 0 Å². The minimum atomic E-state index is -0.363. The van der Waals surface area contributed by atoms with Gasteiger partial charge in [-0.2, -0.15) is 0 Å². The van der Waals surface area contributed by atoms with Crippen LogP contribution in [0.1, 0.15) is 20.8 Å². The second kappa shape index (κ2) is 6.21. The van der Waals surface area contributed by atoms with Crippen LogP contribution in [0, 0.1) is 0 Å². The zero-order valence-electron chi connectivity index (χ0n) is 10.5. The Hall–Kier alpha value is -1.33. The van der Waals surface area contributed by atoms with E-state index in [1.54, 1.807) is 24.5 Å². The molecule has 1 aromatic heterocycles. The third-order valence-corrected chi connectivity index (χ3v) is 4.35. The van der Waals surface area contributed by atoms with Crippen molar-refractivity contribution >= 4 is 33.2 Å². The van der Waals surface area contributed by atoms with Gasteiger partial charge in [-0.25, -0.2) is 0 Å². The Morgan fingerprint density at radius 2 is 2.16 bits per heavy atom. The number of methoxy groups -OCH3 is 1. The van der Waals surface area contributed by atoms with Gasteiger partial charge in [0.05, 0.1) is 12.7 Å². The lowest BCUT2D eigenvalue weighted by atomic mass is 10.1. The van der Waals surface area contributed by atoms with Crippen LogP contribution in [0.4, 0.5) is 0 Å². The number of nitrogens with two attached hydrogens (primary N) is 1. The number of halogens is 1. The Labute approximate surface area is 124 Å². The molecular formula is C14H14BrNO2S. The lowest BCUT2D eigenvalue weighted by Gasteiger charge is -2.09. The van der Waals surface area contributed by atoms with Gasteiger partial charge < -0.3 is 10.5 Å². The third-order valence-electron chi connectivity index (χ3n) is 2.87. The molecule has 0 spiro atoms. The molecular weight excluding hydrogens is 326 g/mol. The highest BCUT2D eigenvalue weighted by molar-refractivity contribution is 9.10. The van der Waals surface area contributed by atoms with Crippen LogP contribution in [0.15, 0.2) is 34.1 Å².